The number of ether oxygens (including phenoxy) is 3. The minimum atomic E-state index is -2.96. The van der Waals surface area contributed by atoms with Gasteiger partial charge in [-0.15, -0.1) is 0 Å². The Kier molecular flexibility index (Phi) is 5.21. The van der Waals surface area contributed by atoms with Gasteiger partial charge in [-0.2, -0.15) is 8.78 Å². The molecular weight excluding hydrogens is 356 g/mol. The van der Waals surface area contributed by atoms with Crippen LogP contribution in [0.3, 0.4) is 0 Å². The molecule has 3 rings (SSSR count). The summed E-state index contributed by atoms with van der Waals surface area (Å²) in [5.41, 5.74) is 3.52. The molecule has 0 N–H and O–H groups in total. The zero-order valence-corrected chi connectivity index (χ0v) is 15.0. The summed E-state index contributed by atoms with van der Waals surface area (Å²) in [6.45, 7) is 0.988. The van der Waals surface area contributed by atoms with Gasteiger partial charge in [0.2, 0.25) is 5.90 Å². The number of rotatable bonds is 5. The Hall–Kier alpha value is -3.22. The second kappa shape index (κ2) is 7.57. The van der Waals surface area contributed by atoms with Crippen molar-refractivity contribution >= 4 is 17.9 Å². The number of aryl methyl sites for hydroxylation is 2. The third-order valence-corrected chi connectivity index (χ3v) is 4.08. The van der Waals surface area contributed by atoms with Gasteiger partial charge in [0, 0.05) is 5.56 Å². The molecular formula is C20H17F2NO4. The summed E-state index contributed by atoms with van der Waals surface area (Å²) < 4.78 is 39.5. The van der Waals surface area contributed by atoms with Crippen LogP contribution >= 0.6 is 0 Å². The Labute approximate surface area is 154 Å². The van der Waals surface area contributed by atoms with Crippen molar-refractivity contribution in [1.29, 1.82) is 0 Å². The van der Waals surface area contributed by atoms with E-state index in [1.54, 1.807) is 0 Å². The fraction of sp³-hybridized carbons (Fsp3) is 0.200. The molecule has 5 nitrogen and oxygen atoms in total. The molecule has 0 saturated heterocycles. The predicted octanol–water partition coefficient (Wildman–Crippen LogP) is 4.26. The number of aliphatic imine (C=N–C) groups is 1. The second-order valence-electron chi connectivity index (χ2n) is 5.92. The number of alkyl halides is 2. The Morgan fingerprint density at radius 2 is 1.85 bits per heavy atom. The molecule has 1 aliphatic rings. The zero-order valence-electron chi connectivity index (χ0n) is 15.0. The van der Waals surface area contributed by atoms with E-state index in [4.69, 9.17) is 9.47 Å². The first-order chi connectivity index (χ1) is 12.9. The van der Waals surface area contributed by atoms with Gasteiger partial charge in [-0.3, -0.25) is 0 Å². The van der Waals surface area contributed by atoms with E-state index in [-0.39, 0.29) is 23.1 Å². The second-order valence-corrected chi connectivity index (χ2v) is 5.92. The largest absolute Gasteiger partial charge is 0.493 e. The summed E-state index contributed by atoms with van der Waals surface area (Å²) in [5, 5.41) is 0. The average Bonchev–Trinajstić information content (AvgIpc) is 2.99. The molecule has 2 aromatic rings. The Morgan fingerprint density at radius 3 is 2.52 bits per heavy atom. The SMILES string of the molecule is COc1cc(/C=C2/N=C(c3ccc(C)c(C)c3)OC2=O)ccc1OC(F)F. The summed E-state index contributed by atoms with van der Waals surface area (Å²) in [6.07, 6.45) is 1.49. The van der Waals surface area contributed by atoms with Gasteiger partial charge < -0.3 is 14.2 Å². The van der Waals surface area contributed by atoms with Gasteiger partial charge in [-0.05, 0) is 60.9 Å². The van der Waals surface area contributed by atoms with Crippen molar-refractivity contribution in [3.8, 4) is 11.5 Å². The average molecular weight is 373 g/mol. The topological polar surface area (TPSA) is 57.1 Å². The molecule has 0 unspecified atom stereocenters. The number of esters is 1. The molecule has 0 aromatic heterocycles. The molecule has 0 radical (unpaired) electrons. The quantitative estimate of drug-likeness (QED) is 0.581. The molecule has 140 valence electrons. The van der Waals surface area contributed by atoms with Crippen LogP contribution in [0.5, 0.6) is 11.5 Å². The lowest BCUT2D eigenvalue weighted by molar-refractivity contribution is -0.129. The highest BCUT2D eigenvalue weighted by atomic mass is 19.3. The number of cyclic esters (lactones) is 1. The lowest BCUT2D eigenvalue weighted by Crippen LogP contribution is -2.05. The van der Waals surface area contributed by atoms with Crippen LogP contribution in [0.4, 0.5) is 8.78 Å². The van der Waals surface area contributed by atoms with Crippen LogP contribution in [0.25, 0.3) is 6.08 Å². The van der Waals surface area contributed by atoms with Crippen LogP contribution in [-0.2, 0) is 9.53 Å². The van der Waals surface area contributed by atoms with Crippen LogP contribution in [0.15, 0.2) is 47.1 Å². The maximum Gasteiger partial charge on any atom is 0.387 e. The molecule has 0 fully saturated rings. The van der Waals surface area contributed by atoms with E-state index in [0.717, 1.165) is 11.1 Å². The number of carbonyl (C=O) groups excluding carboxylic acids is 1. The van der Waals surface area contributed by atoms with Crippen LogP contribution in [0.2, 0.25) is 0 Å². The molecule has 0 aliphatic carbocycles. The van der Waals surface area contributed by atoms with Crippen molar-refractivity contribution in [2.24, 2.45) is 4.99 Å². The first-order valence-corrected chi connectivity index (χ1v) is 8.10. The van der Waals surface area contributed by atoms with Crippen molar-refractivity contribution in [1.82, 2.24) is 0 Å². The number of hydrogen-bond acceptors (Lipinski definition) is 5. The van der Waals surface area contributed by atoms with Crippen molar-refractivity contribution in [3.63, 3.8) is 0 Å². The minimum Gasteiger partial charge on any atom is -0.493 e. The van der Waals surface area contributed by atoms with E-state index in [0.29, 0.717) is 11.1 Å². The van der Waals surface area contributed by atoms with Crippen molar-refractivity contribution in [3.05, 3.63) is 64.3 Å². The third kappa shape index (κ3) is 4.13. The standard InChI is InChI=1S/C20H17F2NO4/c1-11-4-6-14(8-12(11)2)18-23-15(19(24)27-18)9-13-5-7-16(26-20(21)22)17(10-13)25-3/h4-10,20H,1-3H3/b15-9+. The normalized spacial score (nSPS) is 15.1. The Bertz CT molecular complexity index is 951. The summed E-state index contributed by atoms with van der Waals surface area (Å²) >= 11 is 0. The summed E-state index contributed by atoms with van der Waals surface area (Å²) in [4.78, 5) is 16.4. The van der Waals surface area contributed by atoms with Crippen molar-refractivity contribution in [2.75, 3.05) is 7.11 Å². The zero-order chi connectivity index (χ0) is 19.6. The number of halogens is 2. The van der Waals surface area contributed by atoms with Gasteiger partial charge in [-0.1, -0.05) is 12.1 Å². The molecule has 27 heavy (non-hydrogen) atoms. The number of hydrogen-bond donors (Lipinski definition) is 0. The highest BCUT2D eigenvalue weighted by Crippen LogP contribution is 2.31. The monoisotopic (exact) mass is 373 g/mol. The predicted molar refractivity (Wildman–Crippen MR) is 96.1 cm³/mol. The maximum atomic E-state index is 12.4. The maximum absolute atomic E-state index is 12.4. The molecule has 2 aromatic carbocycles. The highest BCUT2D eigenvalue weighted by Gasteiger charge is 2.24. The minimum absolute atomic E-state index is 0.0945. The lowest BCUT2D eigenvalue weighted by Gasteiger charge is -2.10. The number of carbonyl (C=O) groups is 1. The van der Waals surface area contributed by atoms with E-state index in [9.17, 15) is 13.6 Å². The summed E-state index contributed by atoms with van der Waals surface area (Å²) in [5.74, 6) is -0.341. The molecule has 0 bridgehead atoms. The fourth-order valence-electron chi connectivity index (χ4n) is 2.53. The van der Waals surface area contributed by atoms with E-state index in [1.807, 2.05) is 32.0 Å². The van der Waals surface area contributed by atoms with Crippen LogP contribution in [0, 0.1) is 13.8 Å². The van der Waals surface area contributed by atoms with E-state index < -0.39 is 12.6 Å². The number of nitrogens with zero attached hydrogens (tertiary/aromatic N) is 1. The smallest absolute Gasteiger partial charge is 0.387 e. The van der Waals surface area contributed by atoms with Crippen LogP contribution in [-0.4, -0.2) is 25.6 Å². The van der Waals surface area contributed by atoms with Crippen LogP contribution in [0.1, 0.15) is 22.3 Å². The molecule has 0 amide bonds. The van der Waals surface area contributed by atoms with Gasteiger partial charge >= 0.3 is 12.6 Å². The highest BCUT2D eigenvalue weighted by molar-refractivity contribution is 6.12. The Balaban J connectivity index is 1.91. The molecule has 0 saturated carbocycles. The van der Waals surface area contributed by atoms with E-state index in [1.165, 1.54) is 31.4 Å². The van der Waals surface area contributed by atoms with Gasteiger partial charge in [0.15, 0.2) is 17.2 Å². The number of benzene rings is 2. The third-order valence-electron chi connectivity index (χ3n) is 4.08. The first kappa shape index (κ1) is 18.6. The molecule has 7 heteroatoms. The number of methoxy groups -OCH3 is 1. The molecule has 1 aliphatic heterocycles. The van der Waals surface area contributed by atoms with Crippen LogP contribution < -0.4 is 9.47 Å². The molecule has 0 spiro atoms. The van der Waals surface area contributed by atoms with E-state index >= 15 is 0 Å². The molecule has 1 heterocycles. The first-order valence-electron chi connectivity index (χ1n) is 8.10. The van der Waals surface area contributed by atoms with Gasteiger partial charge in [0.25, 0.3) is 0 Å². The lowest BCUT2D eigenvalue weighted by atomic mass is 10.1. The Morgan fingerprint density at radius 1 is 1.07 bits per heavy atom. The van der Waals surface area contributed by atoms with Crippen molar-refractivity contribution in [2.45, 2.75) is 20.5 Å². The fourth-order valence-corrected chi connectivity index (χ4v) is 2.53. The van der Waals surface area contributed by atoms with Crippen molar-refractivity contribution < 1.29 is 27.8 Å². The summed E-state index contributed by atoms with van der Waals surface area (Å²) in [6, 6.07) is 9.98. The van der Waals surface area contributed by atoms with E-state index in [2.05, 4.69) is 9.73 Å². The van der Waals surface area contributed by atoms with Gasteiger partial charge in [0.05, 0.1) is 7.11 Å². The van der Waals surface area contributed by atoms with Gasteiger partial charge in [0.1, 0.15) is 0 Å². The summed E-state index contributed by atoms with van der Waals surface area (Å²) in [7, 11) is 1.34. The van der Waals surface area contributed by atoms with Gasteiger partial charge in [-0.25, -0.2) is 9.79 Å². The molecule has 0 atom stereocenters.